The van der Waals surface area contributed by atoms with Crippen molar-refractivity contribution in [1.29, 1.82) is 0 Å². The molecule has 2 aromatic rings. The van der Waals surface area contributed by atoms with Gasteiger partial charge in [-0.2, -0.15) is 0 Å². The Morgan fingerprint density at radius 2 is 1.97 bits per heavy atom. The van der Waals surface area contributed by atoms with E-state index in [1.165, 1.54) is 4.90 Å². The van der Waals surface area contributed by atoms with E-state index in [4.69, 9.17) is 9.47 Å². The van der Waals surface area contributed by atoms with Crippen molar-refractivity contribution < 1.29 is 19.1 Å². The number of carbonyl (C=O) groups excluding carboxylic acids is 2. The van der Waals surface area contributed by atoms with Gasteiger partial charge in [0.15, 0.2) is 0 Å². The molecule has 1 aliphatic heterocycles. The van der Waals surface area contributed by atoms with Crippen molar-refractivity contribution in [2.24, 2.45) is 0 Å². The van der Waals surface area contributed by atoms with Crippen molar-refractivity contribution in [1.82, 2.24) is 4.90 Å². The minimum absolute atomic E-state index is 0.199. The van der Waals surface area contributed by atoms with E-state index in [9.17, 15) is 9.59 Å². The molecule has 3 rings (SSSR count). The molecular weight excluding hydrogens is 368 g/mol. The number of anilines is 1. The maximum atomic E-state index is 12.7. The maximum absolute atomic E-state index is 12.7. The Kier molecular flexibility index (Phi) is 7.50. The molecule has 0 aromatic heterocycles. The smallest absolute Gasteiger partial charge is 0.410 e. The zero-order valence-electron chi connectivity index (χ0n) is 16.8. The van der Waals surface area contributed by atoms with Gasteiger partial charge in [0.1, 0.15) is 18.4 Å². The van der Waals surface area contributed by atoms with Crippen LogP contribution in [-0.4, -0.2) is 36.1 Å². The number of ether oxygens (including phenoxy) is 2. The fourth-order valence-electron chi connectivity index (χ4n) is 3.27. The monoisotopic (exact) mass is 396 g/mol. The second kappa shape index (κ2) is 10.5. The lowest BCUT2D eigenvalue weighted by atomic mass is 10.2. The Morgan fingerprint density at radius 1 is 1.14 bits per heavy atom. The summed E-state index contributed by atoms with van der Waals surface area (Å²) >= 11 is 0. The second-order valence-corrected chi connectivity index (χ2v) is 7.11. The number of carbonyl (C=O) groups is 2. The lowest BCUT2D eigenvalue weighted by molar-refractivity contribution is -0.120. The van der Waals surface area contributed by atoms with Crippen LogP contribution in [0.4, 0.5) is 10.5 Å². The van der Waals surface area contributed by atoms with Gasteiger partial charge in [0, 0.05) is 18.3 Å². The van der Waals surface area contributed by atoms with Gasteiger partial charge >= 0.3 is 6.09 Å². The first-order valence-corrected chi connectivity index (χ1v) is 10.2. The molecule has 1 aliphatic rings. The van der Waals surface area contributed by atoms with Crippen molar-refractivity contribution in [3.05, 3.63) is 60.2 Å². The van der Waals surface area contributed by atoms with Crippen LogP contribution in [0, 0.1) is 0 Å². The average Bonchev–Trinajstić information content (AvgIpc) is 3.24. The standard InChI is InChI=1S/C23H28N2O4/c1-2-3-15-28-23(27)25-14-8-13-21(25)22(26)24-19-11-7-12-20(16-19)29-17-18-9-5-4-6-10-18/h4-7,9-12,16,21H,2-3,8,13-15,17H2,1H3,(H,24,26)/t21-/m0/s1. The van der Waals surface area contributed by atoms with E-state index in [-0.39, 0.29) is 5.91 Å². The quantitative estimate of drug-likeness (QED) is 0.662. The van der Waals surface area contributed by atoms with Crippen molar-refractivity contribution in [3.63, 3.8) is 0 Å². The van der Waals surface area contributed by atoms with Crippen molar-refractivity contribution in [2.75, 3.05) is 18.5 Å². The Hall–Kier alpha value is -3.02. The number of hydrogen-bond acceptors (Lipinski definition) is 4. The van der Waals surface area contributed by atoms with Gasteiger partial charge in [-0.15, -0.1) is 0 Å². The molecule has 0 saturated carbocycles. The Morgan fingerprint density at radius 3 is 2.76 bits per heavy atom. The topological polar surface area (TPSA) is 67.9 Å². The second-order valence-electron chi connectivity index (χ2n) is 7.11. The number of likely N-dealkylation sites (tertiary alicyclic amines) is 1. The fourth-order valence-corrected chi connectivity index (χ4v) is 3.27. The van der Waals surface area contributed by atoms with E-state index in [1.807, 2.05) is 55.5 Å². The van der Waals surface area contributed by atoms with Gasteiger partial charge in [0.2, 0.25) is 5.91 Å². The SMILES string of the molecule is CCCCOC(=O)N1CCC[C@H]1C(=O)Nc1cccc(OCc2ccccc2)c1. The Balaban J connectivity index is 1.56. The summed E-state index contributed by atoms with van der Waals surface area (Å²) in [6, 6.07) is 16.7. The number of unbranched alkanes of at least 4 members (excludes halogenated alkanes) is 1. The molecule has 2 amide bonds. The Bertz CT molecular complexity index is 810. The molecule has 1 heterocycles. The van der Waals surface area contributed by atoms with E-state index < -0.39 is 12.1 Å². The van der Waals surface area contributed by atoms with E-state index in [0.717, 1.165) is 24.8 Å². The summed E-state index contributed by atoms with van der Waals surface area (Å²) in [5, 5.41) is 2.91. The minimum Gasteiger partial charge on any atom is -0.489 e. The molecule has 154 valence electrons. The highest BCUT2D eigenvalue weighted by atomic mass is 16.6. The number of amides is 2. The number of nitrogens with one attached hydrogen (secondary N) is 1. The van der Waals surface area contributed by atoms with E-state index >= 15 is 0 Å². The number of hydrogen-bond donors (Lipinski definition) is 1. The van der Waals surface area contributed by atoms with Crippen LogP contribution in [0.5, 0.6) is 5.75 Å². The van der Waals surface area contributed by atoms with Gasteiger partial charge in [-0.1, -0.05) is 49.7 Å². The van der Waals surface area contributed by atoms with Gasteiger partial charge in [0.05, 0.1) is 6.61 Å². The van der Waals surface area contributed by atoms with E-state index in [1.54, 1.807) is 6.07 Å². The van der Waals surface area contributed by atoms with Crippen LogP contribution < -0.4 is 10.1 Å². The van der Waals surface area contributed by atoms with Gasteiger partial charge in [0.25, 0.3) is 0 Å². The highest BCUT2D eigenvalue weighted by Crippen LogP contribution is 2.23. The van der Waals surface area contributed by atoms with Crippen molar-refractivity contribution >= 4 is 17.7 Å². The first-order valence-electron chi connectivity index (χ1n) is 10.2. The third-order valence-corrected chi connectivity index (χ3v) is 4.86. The first-order chi connectivity index (χ1) is 14.2. The summed E-state index contributed by atoms with van der Waals surface area (Å²) in [6.45, 7) is 3.43. The summed E-state index contributed by atoms with van der Waals surface area (Å²) in [5.74, 6) is 0.476. The van der Waals surface area contributed by atoms with Crippen LogP contribution in [0.15, 0.2) is 54.6 Å². The molecule has 2 aromatic carbocycles. The zero-order valence-corrected chi connectivity index (χ0v) is 16.8. The number of benzene rings is 2. The van der Waals surface area contributed by atoms with Crippen LogP contribution in [0.2, 0.25) is 0 Å². The van der Waals surface area contributed by atoms with Gasteiger partial charge in [-0.05, 0) is 37.0 Å². The largest absolute Gasteiger partial charge is 0.489 e. The third kappa shape index (κ3) is 5.98. The summed E-state index contributed by atoms with van der Waals surface area (Å²) in [6.07, 6.45) is 2.81. The van der Waals surface area contributed by atoms with Gasteiger partial charge in [-0.25, -0.2) is 4.79 Å². The molecule has 29 heavy (non-hydrogen) atoms. The molecule has 0 unspecified atom stereocenters. The Labute approximate surface area is 171 Å². The molecule has 0 aliphatic carbocycles. The molecule has 0 radical (unpaired) electrons. The highest BCUT2D eigenvalue weighted by Gasteiger charge is 2.35. The van der Waals surface area contributed by atoms with Crippen LogP contribution >= 0.6 is 0 Å². The van der Waals surface area contributed by atoms with Gasteiger partial charge < -0.3 is 14.8 Å². The lowest BCUT2D eigenvalue weighted by Gasteiger charge is -2.23. The summed E-state index contributed by atoms with van der Waals surface area (Å²) in [7, 11) is 0. The molecule has 1 saturated heterocycles. The summed E-state index contributed by atoms with van der Waals surface area (Å²) in [5.41, 5.74) is 1.72. The molecule has 0 spiro atoms. The molecule has 1 fully saturated rings. The predicted molar refractivity (Wildman–Crippen MR) is 112 cm³/mol. The molecular formula is C23H28N2O4. The summed E-state index contributed by atoms with van der Waals surface area (Å²) in [4.78, 5) is 26.5. The molecule has 1 N–H and O–H groups in total. The normalized spacial score (nSPS) is 15.8. The predicted octanol–water partition coefficient (Wildman–Crippen LogP) is 4.61. The average molecular weight is 396 g/mol. The summed E-state index contributed by atoms with van der Waals surface area (Å²) < 4.78 is 11.1. The van der Waals surface area contributed by atoms with Crippen LogP contribution in [0.3, 0.4) is 0 Å². The van der Waals surface area contributed by atoms with Crippen LogP contribution in [0.25, 0.3) is 0 Å². The molecule has 0 bridgehead atoms. The zero-order chi connectivity index (χ0) is 20.5. The first kappa shape index (κ1) is 20.7. The van der Waals surface area contributed by atoms with Crippen LogP contribution in [0.1, 0.15) is 38.2 Å². The van der Waals surface area contributed by atoms with Crippen molar-refractivity contribution in [3.8, 4) is 5.75 Å². The lowest BCUT2D eigenvalue weighted by Crippen LogP contribution is -2.43. The van der Waals surface area contributed by atoms with E-state index in [2.05, 4.69) is 5.32 Å². The van der Waals surface area contributed by atoms with Crippen molar-refractivity contribution in [2.45, 2.75) is 45.3 Å². The van der Waals surface area contributed by atoms with Crippen LogP contribution in [-0.2, 0) is 16.1 Å². The number of rotatable bonds is 8. The van der Waals surface area contributed by atoms with E-state index in [0.29, 0.717) is 37.6 Å². The number of nitrogens with zero attached hydrogens (tertiary/aromatic N) is 1. The maximum Gasteiger partial charge on any atom is 0.410 e. The molecule has 6 nitrogen and oxygen atoms in total. The highest BCUT2D eigenvalue weighted by molar-refractivity contribution is 5.97. The molecule has 6 heteroatoms. The van der Waals surface area contributed by atoms with Gasteiger partial charge in [-0.3, -0.25) is 9.69 Å². The minimum atomic E-state index is -0.502. The fraction of sp³-hybridized carbons (Fsp3) is 0.391. The third-order valence-electron chi connectivity index (χ3n) is 4.86. The molecule has 1 atom stereocenters.